The molecule has 0 bridgehead atoms. The van der Waals surface area contributed by atoms with Crippen LogP contribution in [-0.4, -0.2) is 25.2 Å². The first-order valence-corrected chi connectivity index (χ1v) is 11.5. The quantitative estimate of drug-likeness (QED) is 0.549. The van der Waals surface area contributed by atoms with E-state index in [0.29, 0.717) is 5.56 Å². The Morgan fingerprint density at radius 3 is 2.30 bits per heavy atom. The molecule has 1 heterocycles. The molecule has 154 valence electrons. The van der Waals surface area contributed by atoms with E-state index in [1.54, 1.807) is 48.5 Å². The maximum atomic E-state index is 14.2. The molecular formula is C22H18BrFN2O3S. The zero-order valence-corrected chi connectivity index (χ0v) is 18.2. The van der Waals surface area contributed by atoms with Gasteiger partial charge in [-0.3, -0.25) is 4.79 Å². The number of anilines is 1. The Balaban J connectivity index is 1.75. The maximum Gasteiger partial charge on any atom is 0.245 e. The van der Waals surface area contributed by atoms with Gasteiger partial charge in [-0.15, -0.1) is 0 Å². The molecule has 8 heteroatoms. The van der Waals surface area contributed by atoms with Crippen LogP contribution in [0, 0.1) is 5.82 Å². The predicted molar refractivity (Wildman–Crippen MR) is 116 cm³/mol. The van der Waals surface area contributed by atoms with Crippen LogP contribution in [0.25, 0.3) is 0 Å². The van der Waals surface area contributed by atoms with Gasteiger partial charge in [-0.25, -0.2) is 12.8 Å². The molecule has 0 atom stereocenters. The molecule has 0 fully saturated rings. The van der Waals surface area contributed by atoms with Gasteiger partial charge in [0.05, 0.1) is 18.8 Å². The summed E-state index contributed by atoms with van der Waals surface area (Å²) in [5.41, 5.74) is 1.33. The largest absolute Gasteiger partial charge is 0.305 e. The topological polar surface area (TPSA) is 57.7 Å². The fourth-order valence-electron chi connectivity index (χ4n) is 3.40. The highest BCUT2D eigenvalue weighted by Crippen LogP contribution is 2.33. The highest BCUT2D eigenvalue weighted by Gasteiger charge is 2.36. The van der Waals surface area contributed by atoms with E-state index < -0.39 is 21.7 Å². The molecule has 0 saturated heterocycles. The number of rotatable bonds is 4. The van der Waals surface area contributed by atoms with Crippen molar-refractivity contribution in [2.45, 2.75) is 18.0 Å². The SMILES string of the molecule is O=C1CN(Cc2ccc(Br)cc2)S(=O)(=O)c2ccccc2N1Cc1ccccc1F. The summed E-state index contributed by atoms with van der Waals surface area (Å²) in [6.07, 6.45) is 0. The summed E-state index contributed by atoms with van der Waals surface area (Å²) >= 11 is 3.36. The van der Waals surface area contributed by atoms with Crippen molar-refractivity contribution < 1.29 is 17.6 Å². The lowest BCUT2D eigenvalue weighted by molar-refractivity contribution is -0.119. The monoisotopic (exact) mass is 488 g/mol. The van der Waals surface area contributed by atoms with Gasteiger partial charge in [0.15, 0.2) is 0 Å². The van der Waals surface area contributed by atoms with Crippen LogP contribution >= 0.6 is 15.9 Å². The normalized spacial score (nSPS) is 16.2. The van der Waals surface area contributed by atoms with E-state index in [2.05, 4.69) is 15.9 Å². The fraction of sp³-hybridized carbons (Fsp3) is 0.136. The number of hydrogen-bond acceptors (Lipinski definition) is 3. The Bertz CT molecular complexity index is 1200. The Labute approximate surface area is 182 Å². The standard InChI is InChI=1S/C22H18BrFN2O3S/c23-18-11-9-16(10-12-18)13-25-15-22(27)26(14-17-5-1-2-6-19(17)24)20-7-3-4-8-21(20)30(25,28)29/h1-12H,13-15H2. The van der Waals surface area contributed by atoms with Crippen LogP contribution in [0.15, 0.2) is 82.2 Å². The van der Waals surface area contributed by atoms with Crippen molar-refractivity contribution in [1.29, 1.82) is 0 Å². The number of hydrogen-bond donors (Lipinski definition) is 0. The van der Waals surface area contributed by atoms with E-state index in [9.17, 15) is 17.6 Å². The van der Waals surface area contributed by atoms with E-state index in [1.807, 2.05) is 12.1 Å². The van der Waals surface area contributed by atoms with Crippen molar-refractivity contribution in [2.75, 3.05) is 11.4 Å². The maximum absolute atomic E-state index is 14.2. The van der Waals surface area contributed by atoms with Crippen LogP contribution in [0.2, 0.25) is 0 Å². The number of carbonyl (C=O) groups excluding carboxylic acids is 1. The number of sulfonamides is 1. The van der Waals surface area contributed by atoms with E-state index >= 15 is 0 Å². The van der Waals surface area contributed by atoms with Crippen molar-refractivity contribution in [3.05, 3.63) is 94.2 Å². The van der Waals surface area contributed by atoms with Gasteiger partial charge in [-0.2, -0.15) is 4.31 Å². The average Bonchev–Trinajstić information content (AvgIpc) is 2.80. The lowest BCUT2D eigenvalue weighted by Gasteiger charge is -2.22. The van der Waals surface area contributed by atoms with Crippen LogP contribution in [0.3, 0.4) is 0 Å². The molecule has 4 rings (SSSR count). The molecule has 0 saturated carbocycles. The van der Waals surface area contributed by atoms with E-state index in [4.69, 9.17) is 0 Å². The van der Waals surface area contributed by atoms with Gasteiger partial charge in [-0.05, 0) is 35.9 Å². The highest BCUT2D eigenvalue weighted by atomic mass is 79.9. The molecule has 0 aliphatic carbocycles. The number of carbonyl (C=O) groups is 1. The minimum atomic E-state index is -3.93. The third kappa shape index (κ3) is 4.03. The summed E-state index contributed by atoms with van der Waals surface area (Å²) in [7, 11) is -3.93. The molecule has 1 aliphatic heterocycles. The van der Waals surface area contributed by atoms with E-state index in [1.165, 1.54) is 21.3 Å². The number of halogens is 2. The van der Waals surface area contributed by atoms with Crippen molar-refractivity contribution in [2.24, 2.45) is 0 Å². The van der Waals surface area contributed by atoms with Gasteiger partial charge in [0, 0.05) is 16.6 Å². The lowest BCUT2D eigenvalue weighted by Crippen LogP contribution is -2.38. The van der Waals surface area contributed by atoms with Crippen LogP contribution in [0.1, 0.15) is 11.1 Å². The molecule has 1 amide bonds. The van der Waals surface area contributed by atoms with Crippen molar-refractivity contribution in [3.8, 4) is 0 Å². The lowest BCUT2D eigenvalue weighted by atomic mass is 10.1. The molecule has 3 aromatic rings. The minimum absolute atomic E-state index is 0.0318. The van der Waals surface area contributed by atoms with Crippen LogP contribution in [0.5, 0.6) is 0 Å². The van der Waals surface area contributed by atoms with Gasteiger partial charge in [0.25, 0.3) is 0 Å². The third-order valence-corrected chi connectivity index (χ3v) is 7.31. The summed E-state index contributed by atoms with van der Waals surface area (Å²) in [5, 5.41) is 0. The van der Waals surface area contributed by atoms with Crippen molar-refractivity contribution in [3.63, 3.8) is 0 Å². The molecular weight excluding hydrogens is 471 g/mol. The molecule has 0 N–H and O–H groups in total. The van der Waals surface area contributed by atoms with E-state index in [0.717, 1.165) is 10.0 Å². The summed E-state index contributed by atoms with van der Waals surface area (Å²) in [5.74, 6) is -0.856. The number of para-hydroxylation sites is 1. The van der Waals surface area contributed by atoms with E-state index in [-0.39, 0.29) is 30.2 Å². The van der Waals surface area contributed by atoms with Gasteiger partial charge in [0.2, 0.25) is 15.9 Å². The minimum Gasteiger partial charge on any atom is -0.305 e. The second kappa shape index (κ2) is 8.29. The number of amides is 1. The Kier molecular flexibility index (Phi) is 5.73. The Morgan fingerprint density at radius 1 is 0.900 bits per heavy atom. The number of benzene rings is 3. The second-order valence-corrected chi connectivity index (χ2v) is 9.76. The Hall–Kier alpha value is -2.55. The van der Waals surface area contributed by atoms with Gasteiger partial charge in [-0.1, -0.05) is 58.4 Å². The van der Waals surface area contributed by atoms with Crippen molar-refractivity contribution >= 4 is 37.5 Å². The first-order chi connectivity index (χ1) is 14.4. The highest BCUT2D eigenvalue weighted by molar-refractivity contribution is 9.10. The van der Waals surface area contributed by atoms with Gasteiger partial charge in [0.1, 0.15) is 10.7 Å². The second-order valence-electron chi connectivity index (χ2n) is 6.94. The Morgan fingerprint density at radius 2 is 1.57 bits per heavy atom. The number of nitrogens with zero attached hydrogens (tertiary/aromatic N) is 2. The van der Waals surface area contributed by atoms with Gasteiger partial charge < -0.3 is 4.90 Å². The molecule has 0 spiro atoms. The molecule has 5 nitrogen and oxygen atoms in total. The molecule has 3 aromatic carbocycles. The predicted octanol–water partition coefficient (Wildman–Crippen LogP) is 4.33. The third-order valence-electron chi connectivity index (χ3n) is 4.95. The molecule has 0 unspecified atom stereocenters. The average molecular weight is 489 g/mol. The molecule has 1 aliphatic rings. The number of fused-ring (bicyclic) bond motifs is 1. The fourth-order valence-corrected chi connectivity index (χ4v) is 5.23. The summed E-state index contributed by atoms with van der Waals surface area (Å²) in [6, 6.07) is 19.7. The zero-order chi connectivity index (χ0) is 21.3. The first-order valence-electron chi connectivity index (χ1n) is 9.23. The summed E-state index contributed by atoms with van der Waals surface area (Å²) in [4.78, 5) is 14.5. The molecule has 0 aromatic heterocycles. The zero-order valence-electron chi connectivity index (χ0n) is 15.8. The summed E-state index contributed by atoms with van der Waals surface area (Å²) < 4.78 is 43.0. The first kappa shape index (κ1) is 20.7. The van der Waals surface area contributed by atoms with Crippen LogP contribution in [0.4, 0.5) is 10.1 Å². The smallest absolute Gasteiger partial charge is 0.245 e. The summed E-state index contributed by atoms with van der Waals surface area (Å²) in [6.45, 7) is -0.324. The van der Waals surface area contributed by atoms with Crippen molar-refractivity contribution in [1.82, 2.24) is 4.31 Å². The molecule has 30 heavy (non-hydrogen) atoms. The van der Waals surface area contributed by atoms with Crippen LogP contribution < -0.4 is 4.90 Å². The molecule has 0 radical (unpaired) electrons. The van der Waals surface area contributed by atoms with Gasteiger partial charge >= 0.3 is 0 Å². The van der Waals surface area contributed by atoms with Crippen LogP contribution in [-0.2, 0) is 27.9 Å².